The van der Waals surface area contributed by atoms with E-state index in [0.29, 0.717) is 48.2 Å². The number of hydrogen-bond acceptors (Lipinski definition) is 4. The SMILES string of the molecule is CCCCc1cc(=O)oc2c3c(c(Cl)cc12)OCN(CCc1ccccc1F)C3. The Labute approximate surface area is 173 Å². The van der Waals surface area contributed by atoms with Crippen LogP contribution in [-0.2, 0) is 19.4 Å². The minimum atomic E-state index is -0.364. The first-order valence-corrected chi connectivity index (χ1v) is 10.3. The van der Waals surface area contributed by atoms with Crippen LogP contribution in [0.15, 0.2) is 45.6 Å². The molecule has 0 N–H and O–H groups in total. The molecule has 0 saturated carbocycles. The lowest BCUT2D eigenvalue weighted by atomic mass is 10.0. The third-order valence-corrected chi connectivity index (χ3v) is 5.63. The molecule has 0 unspecified atom stereocenters. The maximum atomic E-state index is 13.9. The fourth-order valence-corrected chi connectivity index (χ4v) is 4.07. The van der Waals surface area contributed by atoms with Crippen molar-refractivity contribution in [1.29, 1.82) is 0 Å². The zero-order valence-electron chi connectivity index (χ0n) is 16.3. The van der Waals surface area contributed by atoms with Crippen molar-refractivity contribution in [2.24, 2.45) is 0 Å². The van der Waals surface area contributed by atoms with Crippen molar-refractivity contribution in [1.82, 2.24) is 4.90 Å². The second kappa shape index (κ2) is 8.56. The zero-order chi connectivity index (χ0) is 20.4. The van der Waals surface area contributed by atoms with E-state index in [1.165, 1.54) is 6.07 Å². The molecule has 0 bridgehead atoms. The summed E-state index contributed by atoms with van der Waals surface area (Å²) < 4.78 is 25.4. The van der Waals surface area contributed by atoms with Gasteiger partial charge in [0.15, 0.2) is 0 Å². The molecule has 4 rings (SSSR count). The van der Waals surface area contributed by atoms with E-state index in [9.17, 15) is 9.18 Å². The molecule has 2 aromatic carbocycles. The van der Waals surface area contributed by atoms with Crippen molar-refractivity contribution in [2.45, 2.75) is 39.2 Å². The Kier molecular flexibility index (Phi) is 5.88. The van der Waals surface area contributed by atoms with Crippen LogP contribution in [0.4, 0.5) is 4.39 Å². The van der Waals surface area contributed by atoms with Crippen LogP contribution in [0.2, 0.25) is 5.02 Å². The van der Waals surface area contributed by atoms with Gasteiger partial charge in [0.2, 0.25) is 0 Å². The molecule has 1 aliphatic heterocycles. The average molecular weight is 416 g/mol. The molecular formula is C23H23ClFNO3. The van der Waals surface area contributed by atoms with Crippen molar-refractivity contribution in [3.63, 3.8) is 0 Å². The molecule has 0 amide bonds. The Morgan fingerprint density at radius 3 is 2.79 bits per heavy atom. The Hall–Kier alpha value is -2.37. The first kappa shape index (κ1) is 19.9. The number of unbranched alkanes of at least 4 members (excludes halogenated alkanes) is 1. The third kappa shape index (κ3) is 4.16. The van der Waals surface area contributed by atoms with Gasteiger partial charge < -0.3 is 9.15 Å². The van der Waals surface area contributed by atoms with Gasteiger partial charge in [-0.1, -0.05) is 43.1 Å². The van der Waals surface area contributed by atoms with Crippen molar-refractivity contribution >= 4 is 22.6 Å². The molecule has 0 radical (unpaired) electrons. The molecule has 1 aromatic heterocycles. The number of hydrogen-bond donors (Lipinski definition) is 0. The molecule has 6 heteroatoms. The van der Waals surface area contributed by atoms with Crippen LogP contribution in [0.1, 0.15) is 36.5 Å². The first-order valence-electron chi connectivity index (χ1n) is 9.93. The molecule has 2 heterocycles. The minimum Gasteiger partial charge on any atom is -0.476 e. The lowest BCUT2D eigenvalue weighted by molar-refractivity contribution is 0.0966. The predicted molar refractivity (Wildman–Crippen MR) is 112 cm³/mol. The number of benzene rings is 2. The zero-order valence-corrected chi connectivity index (χ0v) is 17.1. The van der Waals surface area contributed by atoms with Crippen LogP contribution in [0.3, 0.4) is 0 Å². The van der Waals surface area contributed by atoms with Crippen LogP contribution in [0, 0.1) is 5.82 Å². The summed E-state index contributed by atoms with van der Waals surface area (Å²) >= 11 is 6.50. The van der Waals surface area contributed by atoms with Gasteiger partial charge in [-0.2, -0.15) is 0 Å². The van der Waals surface area contributed by atoms with Gasteiger partial charge in [0.1, 0.15) is 23.9 Å². The molecule has 29 heavy (non-hydrogen) atoms. The van der Waals surface area contributed by atoms with E-state index < -0.39 is 0 Å². The quantitative estimate of drug-likeness (QED) is 0.511. The standard InChI is InChI=1S/C23H23ClFNO3/c1-2-3-6-16-11-21(27)29-22-17(16)12-19(24)23-18(22)13-26(14-28-23)10-9-15-7-4-5-8-20(15)25/h4-5,7-8,11-12H,2-3,6,9-10,13-14H2,1H3. The molecule has 152 valence electrons. The third-order valence-electron chi connectivity index (χ3n) is 5.35. The summed E-state index contributed by atoms with van der Waals surface area (Å²) in [4.78, 5) is 14.2. The molecule has 0 atom stereocenters. The highest BCUT2D eigenvalue weighted by molar-refractivity contribution is 6.33. The monoisotopic (exact) mass is 415 g/mol. The largest absolute Gasteiger partial charge is 0.476 e. The number of aryl methyl sites for hydroxylation is 1. The Balaban J connectivity index is 1.65. The van der Waals surface area contributed by atoms with Crippen LogP contribution in [-0.4, -0.2) is 18.2 Å². The van der Waals surface area contributed by atoms with Crippen molar-refractivity contribution in [2.75, 3.05) is 13.3 Å². The highest BCUT2D eigenvalue weighted by Gasteiger charge is 2.25. The van der Waals surface area contributed by atoms with E-state index in [1.807, 2.05) is 12.1 Å². The van der Waals surface area contributed by atoms with Gasteiger partial charge in [0.25, 0.3) is 0 Å². The molecule has 0 fully saturated rings. The molecule has 0 aliphatic carbocycles. The van der Waals surface area contributed by atoms with E-state index in [2.05, 4.69) is 11.8 Å². The van der Waals surface area contributed by atoms with Gasteiger partial charge in [0, 0.05) is 24.5 Å². The maximum absolute atomic E-state index is 13.9. The van der Waals surface area contributed by atoms with E-state index in [4.69, 9.17) is 20.8 Å². The summed E-state index contributed by atoms with van der Waals surface area (Å²) in [5.41, 5.74) is 2.58. The van der Waals surface area contributed by atoms with Crippen LogP contribution >= 0.6 is 11.6 Å². The molecular weight excluding hydrogens is 393 g/mol. The van der Waals surface area contributed by atoms with E-state index in [1.54, 1.807) is 18.2 Å². The van der Waals surface area contributed by atoms with Gasteiger partial charge in [0.05, 0.1) is 10.6 Å². The molecule has 0 saturated heterocycles. The number of rotatable bonds is 6. The first-order chi connectivity index (χ1) is 14.1. The second-order valence-corrected chi connectivity index (χ2v) is 7.81. The summed E-state index contributed by atoms with van der Waals surface area (Å²) in [6, 6.07) is 10.2. The van der Waals surface area contributed by atoms with Gasteiger partial charge in [-0.15, -0.1) is 0 Å². The van der Waals surface area contributed by atoms with Gasteiger partial charge in [-0.25, -0.2) is 9.18 Å². The Bertz CT molecular complexity index is 1100. The average Bonchev–Trinajstić information content (AvgIpc) is 2.72. The lowest BCUT2D eigenvalue weighted by Crippen LogP contribution is -2.34. The van der Waals surface area contributed by atoms with Crippen LogP contribution in [0.25, 0.3) is 11.0 Å². The lowest BCUT2D eigenvalue weighted by Gasteiger charge is -2.30. The Morgan fingerprint density at radius 2 is 2.00 bits per heavy atom. The topological polar surface area (TPSA) is 42.7 Å². The van der Waals surface area contributed by atoms with E-state index >= 15 is 0 Å². The molecule has 4 nitrogen and oxygen atoms in total. The molecule has 3 aromatic rings. The highest BCUT2D eigenvalue weighted by atomic mass is 35.5. The second-order valence-electron chi connectivity index (χ2n) is 7.40. The molecule has 0 spiro atoms. The van der Waals surface area contributed by atoms with Gasteiger partial charge in [-0.3, -0.25) is 4.90 Å². The predicted octanol–water partition coefficient (Wildman–Crippen LogP) is 5.32. The normalized spacial score (nSPS) is 14.0. The van der Waals surface area contributed by atoms with Crippen molar-refractivity contribution in [3.8, 4) is 5.75 Å². The van der Waals surface area contributed by atoms with E-state index in [-0.39, 0.29) is 11.4 Å². The van der Waals surface area contributed by atoms with Crippen molar-refractivity contribution in [3.05, 3.63) is 74.3 Å². The number of fused-ring (bicyclic) bond motifs is 3. The Morgan fingerprint density at radius 1 is 1.17 bits per heavy atom. The maximum Gasteiger partial charge on any atom is 0.336 e. The smallest absolute Gasteiger partial charge is 0.336 e. The summed E-state index contributed by atoms with van der Waals surface area (Å²) in [6.07, 6.45) is 3.38. The molecule has 1 aliphatic rings. The summed E-state index contributed by atoms with van der Waals surface area (Å²) in [7, 11) is 0. The van der Waals surface area contributed by atoms with Crippen LogP contribution < -0.4 is 10.4 Å². The summed E-state index contributed by atoms with van der Waals surface area (Å²) in [5.74, 6) is 0.364. The van der Waals surface area contributed by atoms with E-state index in [0.717, 1.165) is 35.8 Å². The van der Waals surface area contributed by atoms with Gasteiger partial charge >= 0.3 is 5.63 Å². The minimum absolute atomic E-state index is 0.203. The van der Waals surface area contributed by atoms with Crippen molar-refractivity contribution < 1.29 is 13.5 Å². The van der Waals surface area contributed by atoms with Gasteiger partial charge in [-0.05, 0) is 42.5 Å². The fraction of sp³-hybridized carbons (Fsp3) is 0.348. The summed E-state index contributed by atoms with van der Waals surface area (Å²) in [6.45, 7) is 3.62. The number of ether oxygens (including phenoxy) is 1. The number of halogens is 2. The fourth-order valence-electron chi connectivity index (χ4n) is 3.79. The summed E-state index contributed by atoms with van der Waals surface area (Å²) in [5, 5.41) is 1.38. The number of nitrogens with zero attached hydrogens (tertiary/aromatic N) is 1. The van der Waals surface area contributed by atoms with Crippen LogP contribution in [0.5, 0.6) is 5.75 Å². The highest BCUT2D eigenvalue weighted by Crippen LogP contribution is 2.39.